The predicted molar refractivity (Wildman–Crippen MR) is 76.4 cm³/mol. The summed E-state index contributed by atoms with van der Waals surface area (Å²) in [6, 6.07) is 5.42. The van der Waals surface area contributed by atoms with E-state index in [4.69, 9.17) is 15.6 Å². The molecule has 0 aliphatic rings. The van der Waals surface area contributed by atoms with Gasteiger partial charge in [-0.25, -0.2) is 4.68 Å². The molecule has 0 radical (unpaired) electrons. The molecule has 0 atom stereocenters. The van der Waals surface area contributed by atoms with Crippen LogP contribution in [-0.4, -0.2) is 34.3 Å². The number of nitrogen functional groups attached to an aromatic ring is 1. The van der Waals surface area contributed by atoms with Crippen molar-refractivity contribution in [3.63, 3.8) is 0 Å². The zero-order valence-electron chi connectivity index (χ0n) is 11.7. The van der Waals surface area contributed by atoms with E-state index in [-0.39, 0.29) is 11.4 Å². The molecule has 2 aromatic rings. The van der Waals surface area contributed by atoms with Crippen molar-refractivity contribution in [3.8, 4) is 17.0 Å². The lowest BCUT2D eigenvalue weighted by Crippen LogP contribution is -2.12. The maximum absolute atomic E-state index is 11.3. The number of aryl methyl sites for hydroxylation is 1. The highest BCUT2D eigenvalue weighted by Crippen LogP contribution is 2.33. The van der Waals surface area contributed by atoms with Crippen LogP contribution in [0.5, 0.6) is 5.75 Å². The Morgan fingerprint density at radius 2 is 2.24 bits per heavy atom. The number of anilines is 1. The smallest absolute Gasteiger partial charge is 0.325 e. The summed E-state index contributed by atoms with van der Waals surface area (Å²) in [4.78, 5) is 22.1. The molecule has 21 heavy (non-hydrogen) atoms. The van der Waals surface area contributed by atoms with Crippen molar-refractivity contribution in [2.45, 2.75) is 13.5 Å². The minimum atomic E-state index is -1.09. The lowest BCUT2D eigenvalue weighted by atomic mass is 10.0. The van der Waals surface area contributed by atoms with E-state index in [2.05, 4.69) is 5.10 Å². The number of carbonyl (C=O) groups is 2. The van der Waals surface area contributed by atoms with Crippen LogP contribution in [0.3, 0.4) is 0 Å². The molecule has 1 heterocycles. The van der Waals surface area contributed by atoms with Crippen LogP contribution in [0.4, 0.5) is 5.82 Å². The van der Waals surface area contributed by atoms with Crippen LogP contribution in [0.2, 0.25) is 0 Å². The summed E-state index contributed by atoms with van der Waals surface area (Å²) in [5.41, 5.74) is 7.80. The highest BCUT2D eigenvalue weighted by molar-refractivity contribution is 5.93. The van der Waals surface area contributed by atoms with Crippen LogP contribution >= 0.6 is 0 Å². The zero-order chi connectivity index (χ0) is 15.6. The van der Waals surface area contributed by atoms with Gasteiger partial charge < -0.3 is 15.6 Å². The van der Waals surface area contributed by atoms with Crippen molar-refractivity contribution in [2.75, 3.05) is 12.8 Å². The van der Waals surface area contributed by atoms with Gasteiger partial charge >= 0.3 is 5.97 Å². The number of benzene rings is 1. The van der Waals surface area contributed by atoms with E-state index in [1.165, 1.54) is 7.11 Å². The molecular weight excluding hydrogens is 274 g/mol. The number of hydrogen-bond acceptors (Lipinski definition) is 5. The first kappa shape index (κ1) is 14.6. The highest BCUT2D eigenvalue weighted by Gasteiger charge is 2.20. The Kier molecular flexibility index (Phi) is 3.93. The molecule has 0 aliphatic heterocycles. The fourth-order valence-electron chi connectivity index (χ4n) is 2.06. The monoisotopic (exact) mass is 289 g/mol. The molecule has 7 nitrogen and oxygen atoms in total. The Balaban J connectivity index is 2.66. The molecule has 0 bridgehead atoms. The molecule has 110 valence electrons. The zero-order valence-corrected chi connectivity index (χ0v) is 11.7. The Bertz CT molecular complexity index is 706. The summed E-state index contributed by atoms with van der Waals surface area (Å²) in [5, 5.41) is 13.0. The van der Waals surface area contributed by atoms with Gasteiger partial charge in [0.1, 0.15) is 23.8 Å². The van der Waals surface area contributed by atoms with Crippen molar-refractivity contribution >= 4 is 18.1 Å². The number of carboxylic acid groups (broad SMARTS) is 1. The molecule has 0 aliphatic carbocycles. The second kappa shape index (κ2) is 5.66. The summed E-state index contributed by atoms with van der Waals surface area (Å²) in [5.74, 6) is -0.543. The van der Waals surface area contributed by atoms with Gasteiger partial charge in [0.15, 0.2) is 6.29 Å². The van der Waals surface area contributed by atoms with E-state index in [0.29, 0.717) is 23.3 Å². The molecule has 1 aromatic carbocycles. The average molecular weight is 289 g/mol. The molecule has 7 heteroatoms. The van der Waals surface area contributed by atoms with Gasteiger partial charge in [0, 0.05) is 5.56 Å². The second-order valence-corrected chi connectivity index (χ2v) is 4.52. The standard InChI is InChI=1S/C14H15N3O4/c1-8-3-4-11(21-2)9(5-8)13-10(7-18)14(15)17(16-13)6-12(19)20/h3-5,7H,6,15H2,1-2H3,(H,19,20). The van der Waals surface area contributed by atoms with E-state index >= 15 is 0 Å². The number of carbonyl (C=O) groups excluding carboxylic acids is 1. The van der Waals surface area contributed by atoms with Crippen molar-refractivity contribution in [3.05, 3.63) is 29.3 Å². The first-order valence-corrected chi connectivity index (χ1v) is 6.16. The number of nitrogens with zero attached hydrogens (tertiary/aromatic N) is 2. The lowest BCUT2D eigenvalue weighted by molar-refractivity contribution is -0.137. The SMILES string of the molecule is COc1ccc(C)cc1-c1nn(CC(=O)O)c(N)c1C=O. The fraction of sp³-hybridized carbons (Fsp3) is 0.214. The van der Waals surface area contributed by atoms with E-state index in [1.54, 1.807) is 12.1 Å². The normalized spacial score (nSPS) is 10.4. The first-order valence-electron chi connectivity index (χ1n) is 6.16. The van der Waals surface area contributed by atoms with Gasteiger partial charge in [-0.05, 0) is 19.1 Å². The molecule has 0 spiro atoms. The molecule has 0 saturated heterocycles. The maximum Gasteiger partial charge on any atom is 0.325 e. The topological polar surface area (TPSA) is 107 Å². The third kappa shape index (κ3) is 2.71. The van der Waals surface area contributed by atoms with Crippen LogP contribution < -0.4 is 10.5 Å². The van der Waals surface area contributed by atoms with Crippen molar-refractivity contribution < 1.29 is 19.4 Å². The summed E-state index contributed by atoms with van der Waals surface area (Å²) in [7, 11) is 1.51. The van der Waals surface area contributed by atoms with Gasteiger partial charge in [0.25, 0.3) is 0 Å². The van der Waals surface area contributed by atoms with Crippen LogP contribution in [-0.2, 0) is 11.3 Å². The van der Waals surface area contributed by atoms with Crippen molar-refractivity contribution in [2.24, 2.45) is 0 Å². The number of carboxylic acids is 1. The van der Waals surface area contributed by atoms with Gasteiger partial charge in [0.2, 0.25) is 0 Å². The van der Waals surface area contributed by atoms with Gasteiger partial charge in [-0.15, -0.1) is 0 Å². The summed E-state index contributed by atoms with van der Waals surface area (Å²) < 4.78 is 6.35. The van der Waals surface area contributed by atoms with E-state index in [9.17, 15) is 9.59 Å². The number of nitrogens with two attached hydrogens (primary N) is 1. The fourth-order valence-corrected chi connectivity index (χ4v) is 2.06. The highest BCUT2D eigenvalue weighted by atomic mass is 16.5. The van der Waals surface area contributed by atoms with Crippen molar-refractivity contribution in [1.82, 2.24) is 9.78 Å². The van der Waals surface area contributed by atoms with Crippen molar-refractivity contribution in [1.29, 1.82) is 0 Å². The van der Waals surface area contributed by atoms with Gasteiger partial charge in [-0.2, -0.15) is 5.10 Å². The molecular formula is C14H15N3O4. The average Bonchev–Trinajstić information content (AvgIpc) is 2.74. The number of aliphatic carboxylic acids is 1. The number of ether oxygens (including phenoxy) is 1. The Hall–Kier alpha value is -2.83. The molecule has 2 rings (SSSR count). The maximum atomic E-state index is 11.3. The number of methoxy groups -OCH3 is 1. The third-order valence-corrected chi connectivity index (χ3v) is 3.04. The molecule has 0 saturated carbocycles. The van der Waals surface area contributed by atoms with Gasteiger partial charge in [0.05, 0.1) is 12.7 Å². The van der Waals surface area contributed by atoms with Gasteiger partial charge in [-0.1, -0.05) is 11.6 Å². The number of aldehydes is 1. The number of rotatable bonds is 5. The second-order valence-electron chi connectivity index (χ2n) is 4.52. The Morgan fingerprint density at radius 1 is 1.52 bits per heavy atom. The largest absolute Gasteiger partial charge is 0.496 e. The van der Waals surface area contributed by atoms with Crippen LogP contribution in [0, 0.1) is 6.92 Å². The first-order chi connectivity index (χ1) is 9.97. The minimum Gasteiger partial charge on any atom is -0.496 e. The summed E-state index contributed by atoms with van der Waals surface area (Å²) in [6.07, 6.45) is 0.567. The molecule has 0 fully saturated rings. The predicted octanol–water partition coefficient (Wildman–Crippen LogP) is 1.35. The van der Waals surface area contributed by atoms with E-state index in [0.717, 1.165) is 10.2 Å². The molecule has 3 N–H and O–H groups in total. The van der Waals surface area contributed by atoms with Crippen LogP contribution in [0.1, 0.15) is 15.9 Å². The van der Waals surface area contributed by atoms with Crippen LogP contribution in [0.25, 0.3) is 11.3 Å². The van der Waals surface area contributed by atoms with E-state index < -0.39 is 12.5 Å². The summed E-state index contributed by atoms with van der Waals surface area (Å²) in [6.45, 7) is 1.47. The number of hydrogen-bond donors (Lipinski definition) is 2. The Labute approximate surface area is 120 Å². The molecule has 1 aromatic heterocycles. The molecule has 0 unspecified atom stereocenters. The quantitative estimate of drug-likeness (QED) is 0.804. The summed E-state index contributed by atoms with van der Waals surface area (Å²) >= 11 is 0. The van der Waals surface area contributed by atoms with E-state index in [1.807, 2.05) is 13.0 Å². The lowest BCUT2D eigenvalue weighted by Gasteiger charge is -2.07. The molecule has 0 amide bonds. The van der Waals surface area contributed by atoms with Gasteiger partial charge in [-0.3, -0.25) is 9.59 Å². The third-order valence-electron chi connectivity index (χ3n) is 3.04. The Morgan fingerprint density at radius 3 is 2.81 bits per heavy atom. The van der Waals surface area contributed by atoms with Crippen LogP contribution in [0.15, 0.2) is 18.2 Å². The minimum absolute atomic E-state index is 0.0194. The number of aromatic nitrogens is 2.